The van der Waals surface area contributed by atoms with E-state index in [1.165, 1.54) is 33.3 Å². The minimum atomic E-state index is 0.352. The number of rotatable bonds is 5. The Morgan fingerprint density at radius 2 is 1.49 bits per heavy atom. The van der Waals surface area contributed by atoms with Crippen LogP contribution in [0.3, 0.4) is 0 Å². The zero-order valence-electron chi connectivity index (χ0n) is 26.2. The summed E-state index contributed by atoms with van der Waals surface area (Å²) in [4.78, 5) is 6.25. The van der Waals surface area contributed by atoms with Gasteiger partial charge in [-0.2, -0.15) is 0 Å². The molecule has 2 aliphatic rings. The van der Waals surface area contributed by atoms with Crippen molar-refractivity contribution in [2.24, 2.45) is 0 Å². The summed E-state index contributed by atoms with van der Waals surface area (Å²) in [7, 11) is 3.40. The Kier molecular flexibility index (Phi) is 10.8. The minimum absolute atomic E-state index is 0.352. The van der Waals surface area contributed by atoms with E-state index in [0.717, 1.165) is 48.7 Å². The van der Waals surface area contributed by atoms with Crippen molar-refractivity contribution >= 4 is 10.9 Å². The van der Waals surface area contributed by atoms with E-state index in [1.807, 2.05) is 18.2 Å². The van der Waals surface area contributed by atoms with Crippen molar-refractivity contribution in [3.8, 4) is 101 Å². The van der Waals surface area contributed by atoms with Gasteiger partial charge in [-0.1, -0.05) is 30.3 Å². The van der Waals surface area contributed by atoms with Gasteiger partial charge in [0.15, 0.2) is 11.5 Å². The first kappa shape index (κ1) is 31.9. The molecule has 6 rings (SSSR count). The number of aromatic amines is 1. The molecule has 2 aliphatic heterocycles. The lowest BCUT2D eigenvalue weighted by atomic mass is 9.85. The topological polar surface area (TPSA) is 46.7 Å². The Labute approximate surface area is 277 Å². The zero-order chi connectivity index (χ0) is 32.8. The lowest BCUT2D eigenvalue weighted by Gasteiger charge is -2.40. The standard InChI is InChI=1S/C28H28N2O3.C14H2/c1-31-20-7-5-6-18(12-20)17-33-28-15-22-19(13-27(28)32-2)10-11-30-16-25-23(14-26(22)30)21-8-3-4-9-24(21)29-25;1-3-5-7-9-11-13-14-12-10-8-6-4-2/h3-9,12-13,15,26,29H,10-11,14,16-17H2,1-2H3;1-2H. The van der Waals surface area contributed by atoms with Gasteiger partial charge in [0.2, 0.25) is 0 Å². The van der Waals surface area contributed by atoms with E-state index >= 15 is 0 Å². The molecule has 1 N–H and O–H groups in total. The van der Waals surface area contributed by atoms with E-state index in [4.69, 9.17) is 27.1 Å². The Morgan fingerprint density at radius 1 is 0.787 bits per heavy atom. The molecule has 1 aromatic heterocycles. The molecule has 3 heterocycles. The van der Waals surface area contributed by atoms with Gasteiger partial charge in [-0.15, -0.1) is 12.8 Å². The number of terminal acetylenes is 2. The van der Waals surface area contributed by atoms with Crippen LogP contribution >= 0.6 is 0 Å². The number of H-pyrrole nitrogens is 1. The summed E-state index contributed by atoms with van der Waals surface area (Å²) >= 11 is 0. The van der Waals surface area contributed by atoms with Gasteiger partial charge in [0.05, 0.1) is 14.2 Å². The van der Waals surface area contributed by atoms with E-state index in [0.29, 0.717) is 12.6 Å². The van der Waals surface area contributed by atoms with Gasteiger partial charge >= 0.3 is 0 Å². The largest absolute Gasteiger partial charge is 0.497 e. The zero-order valence-corrected chi connectivity index (χ0v) is 26.2. The molecule has 1 atom stereocenters. The molecule has 0 fully saturated rings. The number of hydrogen-bond donors (Lipinski definition) is 1. The molecular formula is C42H30N2O3. The van der Waals surface area contributed by atoms with Crippen molar-refractivity contribution in [3.63, 3.8) is 0 Å². The average molecular weight is 611 g/mol. The van der Waals surface area contributed by atoms with Gasteiger partial charge in [-0.3, -0.25) is 4.90 Å². The van der Waals surface area contributed by atoms with Crippen LogP contribution in [0.25, 0.3) is 10.9 Å². The second kappa shape index (κ2) is 16.0. The highest BCUT2D eigenvalue weighted by Crippen LogP contribution is 2.44. The van der Waals surface area contributed by atoms with Crippen molar-refractivity contribution in [1.82, 2.24) is 9.88 Å². The maximum atomic E-state index is 6.28. The second-order valence-corrected chi connectivity index (χ2v) is 10.4. The summed E-state index contributed by atoms with van der Waals surface area (Å²) in [6, 6.07) is 21.4. The number of nitrogens with one attached hydrogen (secondary N) is 1. The van der Waals surface area contributed by atoms with Crippen molar-refractivity contribution in [1.29, 1.82) is 0 Å². The number of methoxy groups -OCH3 is 2. The van der Waals surface area contributed by atoms with Crippen LogP contribution in [0.5, 0.6) is 17.2 Å². The molecule has 226 valence electrons. The third kappa shape index (κ3) is 7.96. The van der Waals surface area contributed by atoms with Crippen molar-refractivity contribution in [2.75, 3.05) is 20.8 Å². The molecule has 5 heteroatoms. The molecule has 4 aromatic rings. The lowest BCUT2D eigenvalue weighted by Crippen LogP contribution is -2.39. The SMILES string of the molecule is C#CC#CC#CC#CC#CC#CC#C.COc1cccc(COc2cc3c(cc2OC)CCN2Cc4[nH]c5ccccc5c4CC32)c1. The average Bonchev–Trinajstić information content (AvgIpc) is 3.48. The van der Waals surface area contributed by atoms with E-state index in [9.17, 15) is 0 Å². The summed E-state index contributed by atoms with van der Waals surface area (Å²) in [6.45, 7) is 2.48. The first-order valence-electron chi connectivity index (χ1n) is 14.9. The Balaban J connectivity index is 0.000000264. The smallest absolute Gasteiger partial charge is 0.162 e. The number of aromatic nitrogens is 1. The van der Waals surface area contributed by atoms with Crippen LogP contribution in [-0.4, -0.2) is 30.6 Å². The van der Waals surface area contributed by atoms with Gasteiger partial charge in [0.25, 0.3) is 0 Å². The Hall–Kier alpha value is -6.52. The van der Waals surface area contributed by atoms with Crippen LogP contribution < -0.4 is 14.2 Å². The molecule has 1 unspecified atom stereocenters. The fourth-order valence-electron chi connectivity index (χ4n) is 5.73. The maximum Gasteiger partial charge on any atom is 0.162 e. The van der Waals surface area contributed by atoms with E-state index in [2.05, 4.69) is 123 Å². The van der Waals surface area contributed by atoms with Crippen LogP contribution in [0, 0.1) is 83.9 Å². The fourth-order valence-corrected chi connectivity index (χ4v) is 5.73. The van der Waals surface area contributed by atoms with E-state index in [1.54, 1.807) is 14.2 Å². The molecule has 0 spiro atoms. The molecule has 0 aliphatic carbocycles. The monoisotopic (exact) mass is 610 g/mol. The van der Waals surface area contributed by atoms with Gasteiger partial charge in [-0.05, 0) is 136 Å². The number of fused-ring (bicyclic) bond motifs is 6. The van der Waals surface area contributed by atoms with Crippen molar-refractivity contribution in [3.05, 3.63) is 88.6 Å². The summed E-state index contributed by atoms with van der Waals surface area (Å²) < 4.78 is 17.3. The van der Waals surface area contributed by atoms with E-state index in [-0.39, 0.29) is 0 Å². The van der Waals surface area contributed by atoms with Gasteiger partial charge in [0, 0.05) is 35.7 Å². The third-order valence-corrected chi connectivity index (χ3v) is 7.79. The summed E-state index contributed by atoms with van der Waals surface area (Å²) in [5.74, 6) is 30.7. The second-order valence-electron chi connectivity index (χ2n) is 10.4. The number of ether oxygens (including phenoxy) is 3. The fraction of sp³-hybridized carbons (Fsp3) is 0.190. The quantitative estimate of drug-likeness (QED) is 0.295. The summed E-state index contributed by atoms with van der Waals surface area (Å²) in [6.07, 6.45) is 11.7. The molecule has 0 bridgehead atoms. The van der Waals surface area contributed by atoms with Gasteiger partial charge < -0.3 is 19.2 Å². The van der Waals surface area contributed by atoms with Crippen LogP contribution in [-0.2, 0) is 26.0 Å². The molecule has 0 radical (unpaired) electrons. The Bertz CT molecular complexity index is 2150. The molecule has 5 nitrogen and oxygen atoms in total. The molecule has 0 saturated heterocycles. The highest BCUT2D eigenvalue weighted by molar-refractivity contribution is 5.85. The van der Waals surface area contributed by atoms with Crippen molar-refractivity contribution in [2.45, 2.75) is 32.0 Å². The number of hydrogen-bond acceptors (Lipinski definition) is 4. The van der Waals surface area contributed by atoms with Crippen LogP contribution in [0.2, 0.25) is 0 Å². The minimum Gasteiger partial charge on any atom is -0.497 e. The number of para-hydroxylation sites is 1. The van der Waals surface area contributed by atoms with Crippen molar-refractivity contribution < 1.29 is 14.2 Å². The van der Waals surface area contributed by atoms with Gasteiger partial charge in [0.1, 0.15) is 12.4 Å². The first-order chi connectivity index (χ1) is 23.1. The molecular weight excluding hydrogens is 580 g/mol. The molecule has 47 heavy (non-hydrogen) atoms. The summed E-state index contributed by atoms with van der Waals surface area (Å²) in [5, 5.41) is 1.35. The van der Waals surface area contributed by atoms with Crippen LogP contribution in [0.4, 0.5) is 0 Å². The lowest BCUT2D eigenvalue weighted by molar-refractivity contribution is 0.158. The molecule has 0 saturated carbocycles. The third-order valence-electron chi connectivity index (χ3n) is 7.79. The Morgan fingerprint density at radius 3 is 2.17 bits per heavy atom. The van der Waals surface area contributed by atoms with Crippen LogP contribution in [0.1, 0.15) is 34.0 Å². The van der Waals surface area contributed by atoms with Crippen LogP contribution in [0.15, 0.2) is 60.7 Å². The summed E-state index contributed by atoms with van der Waals surface area (Å²) in [5.41, 5.74) is 7.84. The maximum absolute atomic E-state index is 6.28. The normalized spacial score (nSPS) is 13.1. The highest BCUT2D eigenvalue weighted by atomic mass is 16.5. The predicted molar refractivity (Wildman–Crippen MR) is 186 cm³/mol. The number of nitrogens with zero attached hydrogens (tertiary/aromatic N) is 1. The number of benzene rings is 3. The predicted octanol–water partition coefficient (Wildman–Crippen LogP) is 5.69. The molecule has 3 aromatic carbocycles. The van der Waals surface area contributed by atoms with Gasteiger partial charge in [-0.25, -0.2) is 0 Å². The molecule has 0 amide bonds. The first-order valence-corrected chi connectivity index (χ1v) is 14.9. The van der Waals surface area contributed by atoms with E-state index < -0.39 is 0 Å². The highest BCUT2D eigenvalue weighted by Gasteiger charge is 2.34.